The first-order valence-corrected chi connectivity index (χ1v) is 8.14. The first-order valence-electron chi connectivity index (χ1n) is 8.14. The van der Waals surface area contributed by atoms with E-state index in [1.807, 2.05) is 11.9 Å². The van der Waals surface area contributed by atoms with Crippen molar-refractivity contribution in [3.8, 4) is 0 Å². The number of rotatable bonds is 7. The minimum absolute atomic E-state index is 0.0603. The van der Waals surface area contributed by atoms with Crippen molar-refractivity contribution in [2.75, 3.05) is 38.5 Å². The van der Waals surface area contributed by atoms with Gasteiger partial charge in [0.2, 0.25) is 5.91 Å². The molecule has 1 aromatic rings. The van der Waals surface area contributed by atoms with Crippen LogP contribution in [0.5, 0.6) is 0 Å². The van der Waals surface area contributed by atoms with Crippen molar-refractivity contribution < 1.29 is 19.1 Å². The van der Waals surface area contributed by atoms with E-state index in [-0.39, 0.29) is 24.3 Å². The molecule has 0 spiro atoms. The second kappa shape index (κ2) is 8.75. The van der Waals surface area contributed by atoms with E-state index in [1.165, 1.54) is 24.3 Å². The number of anilines is 1. The second-order valence-corrected chi connectivity index (χ2v) is 6.19. The van der Waals surface area contributed by atoms with Crippen LogP contribution in [0.2, 0.25) is 0 Å². The molecule has 0 atom stereocenters. The molecule has 1 amide bonds. The zero-order valence-corrected chi connectivity index (χ0v) is 13.9. The average Bonchev–Trinajstić information content (AvgIpc) is 2.55. The van der Waals surface area contributed by atoms with Crippen molar-refractivity contribution in [1.29, 1.82) is 0 Å². The Kier molecular flexibility index (Phi) is 6.69. The summed E-state index contributed by atoms with van der Waals surface area (Å²) in [6, 6.07) is 5.99. The summed E-state index contributed by atoms with van der Waals surface area (Å²) in [5.74, 6) is -1.23. The van der Waals surface area contributed by atoms with Crippen molar-refractivity contribution in [2.45, 2.75) is 25.3 Å². The van der Waals surface area contributed by atoms with Gasteiger partial charge in [-0.3, -0.25) is 14.5 Å². The number of carbonyl (C=O) groups is 2. The molecule has 2 N–H and O–H groups in total. The zero-order chi connectivity index (χ0) is 17.5. The van der Waals surface area contributed by atoms with E-state index in [1.54, 1.807) is 0 Å². The lowest BCUT2D eigenvalue weighted by Gasteiger charge is -2.36. The molecule has 24 heavy (non-hydrogen) atoms. The number of nitrogens with one attached hydrogen (secondary N) is 1. The quantitative estimate of drug-likeness (QED) is 0.791. The number of amides is 1. The van der Waals surface area contributed by atoms with Crippen molar-refractivity contribution >= 4 is 17.6 Å². The van der Waals surface area contributed by atoms with Gasteiger partial charge in [-0.25, -0.2) is 4.39 Å². The van der Waals surface area contributed by atoms with Crippen LogP contribution in [-0.4, -0.2) is 66.1 Å². The number of hydrogen-bond donors (Lipinski definition) is 2. The molecule has 0 bridgehead atoms. The number of nitrogens with zero attached hydrogens (tertiary/aromatic N) is 2. The lowest BCUT2D eigenvalue weighted by molar-refractivity contribution is -0.138. The predicted octanol–water partition coefficient (Wildman–Crippen LogP) is 1.64. The van der Waals surface area contributed by atoms with E-state index < -0.39 is 5.97 Å². The second-order valence-electron chi connectivity index (χ2n) is 6.19. The minimum Gasteiger partial charge on any atom is -0.480 e. The number of piperidine rings is 1. The number of halogens is 1. The zero-order valence-electron chi connectivity index (χ0n) is 13.9. The fraction of sp³-hybridized carbons (Fsp3) is 0.529. The number of carboxylic acid groups (broad SMARTS) is 1. The molecule has 7 heteroatoms. The summed E-state index contributed by atoms with van der Waals surface area (Å²) >= 11 is 0. The Morgan fingerprint density at radius 2 is 1.92 bits per heavy atom. The Hall–Kier alpha value is -1.99. The maximum absolute atomic E-state index is 12.8. The van der Waals surface area contributed by atoms with Gasteiger partial charge in [-0.15, -0.1) is 0 Å². The Morgan fingerprint density at radius 1 is 1.29 bits per heavy atom. The van der Waals surface area contributed by atoms with E-state index in [0.717, 1.165) is 25.9 Å². The van der Waals surface area contributed by atoms with Gasteiger partial charge in [0.15, 0.2) is 0 Å². The molecule has 0 radical (unpaired) electrons. The third kappa shape index (κ3) is 5.90. The monoisotopic (exact) mass is 337 g/mol. The van der Waals surface area contributed by atoms with Crippen molar-refractivity contribution in [2.24, 2.45) is 0 Å². The van der Waals surface area contributed by atoms with Crippen molar-refractivity contribution in [1.82, 2.24) is 9.80 Å². The minimum atomic E-state index is -0.808. The Labute approximate surface area is 141 Å². The van der Waals surface area contributed by atoms with Gasteiger partial charge >= 0.3 is 5.97 Å². The third-order valence-electron chi connectivity index (χ3n) is 4.35. The Balaban J connectivity index is 1.67. The van der Waals surface area contributed by atoms with E-state index >= 15 is 0 Å². The first-order chi connectivity index (χ1) is 11.4. The largest absolute Gasteiger partial charge is 0.480 e. The number of aliphatic carboxylic acids is 1. The molecule has 1 saturated heterocycles. The van der Waals surface area contributed by atoms with Gasteiger partial charge in [0.1, 0.15) is 5.82 Å². The van der Waals surface area contributed by atoms with Crippen molar-refractivity contribution in [3.63, 3.8) is 0 Å². The highest BCUT2D eigenvalue weighted by atomic mass is 19.1. The summed E-state index contributed by atoms with van der Waals surface area (Å²) in [6.45, 7) is 2.45. The van der Waals surface area contributed by atoms with E-state index in [9.17, 15) is 14.0 Å². The molecule has 1 heterocycles. The van der Waals surface area contributed by atoms with Crippen LogP contribution in [-0.2, 0) is 9.59 Å². The van der Waals surface area contributed by atoms with Crippen LogP contribution in [0, 0.1) is 5.82 Å². The SMILES string of the molecule is CN(CC(=O)O)C1CCN(CCC(=O)Nc2ccc(F)cc2)CC1. The number of carboxylic acids is 1. The fourth-order valence-electron chi connectivity index (χ4n) is 2.94. The highest BCUT2D eigenvalue weighted by Crippen LogP contribution is 2.15. The van der Waals surface area contributed by atoms with Gasteiger partial charge in [-0.1, -0.05) is 0 Å². The number of hydrogen-bond acceptors (Lipinski definition) is 4. The summed E-state index contributed by atoms with van der Waals surface area (Å²) in [5, 5.41) is 11.6. The van der Waals surface area contributed by atoms with Crippen LogP contribution in [0.1, 0.15) is 19.3 Å². The molecule has 132 valence electrons. The molecule has 0 unspecified atom stereocenters. The van der Waals surface area contributed by atoms with Gasteiger partial charge < -0.3 is 15.3 Å². The molecule has 1 aliphatic heterocycles. The standard InChI is InChI=1S/C17H24FN3O3/c1-20(12-17(23)24)15-6-9-21(10-7-15)11-8-16(22)19-14-4-2-13(18)3-5-14/h2-5,15H,6-12H2,1H3,(H,19,22)(H,23,24). The van der Waals surface area contributed by atoms with Crippen LogP contribution < -0.4 is 5.32 Å². The molecule has 1 aliphatic rings. The van der Waals surface area contributed by atoms with Crippen LogP contribution in [0.25, 0.3) is 0 Å². The molecule has 1 fully saturated rings. The van der Waals surface area contributed by atoms with Crippen molar-refractivity contribution in [3.05, 3.63) is 30.1 Å². The lowest BCUT2D eigenvalue weighted by atomic mass is 10.0. The maximum Gasteiger partial charge on any atom is 0.317 e. The van der Waals surface area contributed by atoms with Gasteiger partial charge in [-0.2, -0.15) is 0 Å². The number of likely N-dealkylation sites (N-methyl/N-ethyl adjacent to an activating group) is 1. The van der Waals surface area contributed by atoms with Crippen LogP contribution in [0.3, 0.4) is 0 Å². The van der Waals surface area contributed by atoms with Gasteiger partial charge in [-0.05, 0) is 57.2 Å². The Morgan fingerprint density at radius 3 is 2.50 bits per heavy atom. The van der Waals surface area contributed by atoms with Gasteiger partial charge in [0, 0.05) is 24.7 Å². The topological polar surface area (TPSA) is 72.9 Å². The molecule has 1 aromatic carbocycles. The fourth-order valence-corrected chi connectivity index (χ4v) is 2.94. The highest BCUT2D eigenvalue weighted by Gasteiger charge is 2.23. The molecule has 6 nitrogen and oxygen atoms in total. The Bertz CT molecular complexity index is 557. The van der Waals surface area contributed by atoms with E-state index in [4.69, 9.17) is 5.11 Å². The van der Waals surface area contributed by atoms with E-state index in [0.29, 0.717) is 18.7 Å². The van der Waals surface area contributed by atoms with Crippen LogP contribution in [0.4, 0.5) is 10.1 Å². The number of likely N-dealkylation sites (tertiary alicyclic amines) is 1. The summed E-state index contributed by atoms with van der Waals surface area (Å²) in [4.78, 5) is 26.8. The predicted molar refractivity (Wildman–Crippen MR) is 89.4 cm³/mol. The lowest BCUT2D eigenvalue weighted by Crippen LogP contribution is -2.45. The molecule has 0 aliphatic carbocycles. The normalized spacial score (nSPS) is 16.3. The van der Waals surface area contributed by atoms with Gasteiger partial charge in [0.25, 0.3) is 0 Å². The van der Waals surface area contributed by atoms with Gasteiger partial charge in [0.05, 0.1) is 6.54 Å². The molecule has 0 saturated carbocycles. The maximum atomic E-state index is 12.8. The summed E-state index contributed by atoms with van der Waals surface area (Å²) < 4.78 is 12.8. The molecule has 2 rings (SSSR count). The smallest absolute Gasteiger partial charge is 0.317 e. The van der Waals surface area contributed by atoms with Crippen LogP contribution in [0.15, 0.2) is 24.3 Å². The first kappa shape index (κ1) is 18.4. The summed E-state index contributed by atoms with van der Waals surface area (Å²) in [7, 11) is 1.84. The van der Waals surface area contributed by atoms with E-state index in [2.05, 4.69) is 10.2 Å². The number of carbonyl (C=O) groups excluding carboxylic acids is 1. The van der Waals surface area contributed by atoms with Crippen LogP contribution >= 0.6 is 0 Å². The summed E-state index contributed by atoms with van der Waals surface area (Å²) in [6.07, 6.45) is 2.19. The highest BCUT2D eigenvalue weighted by molar-refractivity contribution is 5.90. The number of benzene rings is 1. The molecular weight excluding hydrogens is 313 g/mol. The third-order valence-corrected chi connectivity index (χ3v) is 4.35. The summed E-state index contributed by atoms with van der Waals surface area (Å²) in [5.41, 5.74) is 0.593. The molecular formula is C17H24FN3O3. The average molecular weight is 337 g/mol. The molecule has 0 aromatic heterocycles.